The summed E-state index contributed by atoms with van der Waals surface area (Å²) in [5.74, 6) is 2.53. The number of ketones is 1. The van der Waals surface area contributed by atoms with Gasteiger partial charge in [0.2, 0.25) is 5.91 Å². The maximum atomic E-state index is 14.3. The Hall–Kier alpha value is -6.65. The summed E-state index contributed by atoms with van der Waals surface area (Å²) in [4.78, 5) is 68.0. The number of hydrogen-bond donors (Lipinski definition) is 1. The molecule has 4 heterocycles. The van der Waals surface area contributed by atoms with E-state index in [0.717, 1.165) is 77.3 Å². The van der Waals surface area contributed by atoms with Crippen LogP contribution in [0.4, 0.5) is 28.4 Å². The molecule has 400 valence electrons. The van der Waals surface area contributed by atoms with Crippen LogP contribution in [0.3, 0.4) is 0 Å². The van der Waals surface area contributed by atoms with Gasteiger partial charge in [0.1, 0.15) is 31.4 Å². The molecule has 0 saturated carbocycles. The van der Waals surface area contributed by atoms with Gasteiger partial charge in [0.05, 0.1) is 41.7 Å². The first-order valence-electron chi connectivity index (χ1n) is 26.4. The van der Waals surface area contributed by atoms with Crippen LogP contribution in [0.5, 0.6) is 17.2 Å². The maximum Gasteiger partial charge on any atom is 0.260 e. The molecule has 9 rings (SSSR count). The van der Waals surface area contributed by atoms with Gasteiger partial charge in [-0.3, -0.25) is 19.2 Å². The van der Waals surface area contributed by atoms with E-state index in [4.69, 9.17) is 19.0 Å². The predicted molar refractivity (Wildman–Crippen MR) is 308 cm³/mol. The Bertz CT molecular complexity index is 3000. The van der Waals surface area contributed by atoms with Gasteiger partial charge >= 0.3 is 0 Å². The number of nitrogens with one attached hydrogen (secondary N) is 1. The number of methoxy groups -OCH3 is 1. The number of Topliss-reactive ketones (excluding diaryl/α,β-unsaturated/α-hetero) is 1. The molecule has 0 aromatic heterocycles. The van der Waals surface area contributed by atoms with E-state index in [1.165, 1.54) is 11.1 Å². The topological polar surface area (TPSA) is 143 Å². The lowest BCUT2D eigenvalue weighted by Gasteiger charge is -2.25. The van der Waals surface area contributed by atoms with Crippen LogP contribution in [0.2, 0.25) is 0 Å². The Labute approximate surface area is 455 Å². The van der Waals surface area contributed by atoms with E-state index in [-0.39, 0.29) is 53.5 Å². The molecule has 2 atom stereocenters. The van der Waals surface area contributed by atoms with E-state index in [0.29, 0.717) is 79.4 Å². The summed E-state index contributed by atoms with van der Waals surface area (Å²) >= 11 is 0. The van der Waals surface area contributed by atoms with Gasteiger partial charge in [-0.25, -0.2) is 0 Å². The molecular formula is C60H70N6O8S2. The third-order valence-corrected chi connectivity index (χ3v) is 18.0. The number of benzene rings is 5. The zero-order valence-electron chi connectivity index (χ0n) is 44.8. The third-order valence-electron chi connectivity index (χ3n) is 14.6. The summed E-state index contributed by atoms with van der Waals surface area (Å²) in [5.41, 5.74) is 10.1. The van der Waals surface area contributed by atoms with Crippen molar-refractivity contribution in [2.45, 2.75) is 116 Å². The highest BCUT2D eigenvalue weighted by atomic mass is 33.1. The molecule has 5 aromatic rings. The number of unbranched alkanes of at least 4 members (excludes halogenated alkanes) is 1. The number of nitrogens with zero attached hydrogens (tertiary/aromatic N) is 5. The number of carbonyl (C=O) groups is 4. The molecule has 4 aliphatic rings. The molecule has 0 unspecified atom stereocenters. The van der Waals surface area contributed by atoms with Crippen molar-refractivity contribution in [2.75, 3.05) is 71.6 Å². The van der Waals surface area contributed by atoms with Crippen LogP contribution in [-0.2, 0) is 40.5 Å². The lowest BCUT2D eigenvalue weighted by Crippen LogP contribution is -2.41. The second-order valence-corrected chi connectivity index (χ2v) is 24.0. The fraction of sp³-hybridized carbons (Fsp3) is 0.417. The van der Waals surface area contributed by atoms with E-state index in [2.05, 4.69) is 46.3 Å². The molecule has 0 aliphatic carbocycles. The largest absolute Gasteiger partial charge is 0.493 e. The minimum absolute atomic E-state index is 0.00423. The molecule has 76 heavy (non-hydrogen) atoms. The molecular weight excluding hydrogens is 997 g/mol. The number of hydrogen-bond acceptors (Lipinski definition) is 13. The Morgan fingerprint density at radius 3 is 1.92 bits per heavy atom. The molecule has 5 aromatic carbocycles. The van der Waals surface area contributed by atoms with Crippen LogP contribution in [-0.4, -0.2) is 93.2 Å². The van der Waals surface area contributed by atoms with Crippen LogP contribution < -0.4 is 39.1 Å². The SMILES string of the molecule is CC=NOCCCCC(=O)CCCSSC(C)(C)CCC(=O)Nc1cc(COc2cc3c(cc2C)C(=O)N2c4ccccc4C[C@H]2CN3C)cc(COc2cc3c(cc2OC)C(=O)N2c4ccccc4C[C@H]2CN3C)c1. The highest BCUT2D eigenvalue weighted by Gasteiger charge is 2.41. The molecule has 0 radical (unpaired) electrons. The van der Waals surface area contributed by atoms with Crippen molar-refractivity contribution in [3.8, 4) is 17.2 Å². The predicted octanol–water partition coefficient (Wildman–Crippen LogP) is 11.6. The molecule has 4 aliphatic heterocycles. The number of fused-ring (bicyclic) bond motifs is 8. The van der Waals surface area contributed by atoms with Crippen molar-refractivity contribution in [1.29, 1.82) is 0 Å². The Morgan fingerprint density at radius 1 is 0.724 bits per heavy atom. The molecule has 0 fully saturated rings. The number of oxime groups is 1. The standard InChI is InChI=1S/C60H70N6O8S2/c1-8-61-74-24-14-13-18-47(67)19-15-25-75-76-60(3,4)23-22-57(68)62-44-28-40(37-72-54-33-52-48(26-39(54)2)58(69)65-45(35-63(52)5)30-42-16-9-11-20-50(42)65)27-41(29-44)38-73-56-34-53-49(32-55(56)71-7)59(70)66-46(36-64(53)6)31-43-17-10-12-21-51(43)66/h8-12,16-17,20-21,26-29,32-34,45-46H,13-15,18-19,22-25,30-31,35-38H2,1-7H3,(H,62,68)/t45-,46-/m0/s1. The number of anilines is 5. The minimum Gasteiger partial charge on any atom is -0.493 e. The van der Waals surface area contributed by atoms with E-state index in [1.54, 1.807) is 47.9 Å². The third kappa shape index (κ3) is 12.4. The van der Waals surface area contributed by atoms with Crippen LogP contribution in [0.1, 0.15) is 114 Å². The summed E-state index contributed by atoms with van der Waals surface area (Å²) in [6, 6.07) is 29.7. The Kier molecular flexibility index (Phi) is 17.2. The first kappa shape index (κ1) is 54.2. The molecule has 0 bridgehead atoms. The number of para-hydroxylation sites is 2. The van der Waals surface area contributed by atoms with Crippen molar-refractivity contribution in [1.82, 2.24) is 0 Å². The summed E-state index contributed by atoms with van der Waals surface area (Å²) < 4.78 is 18.9. The average Bonchev–Trinajstić information content (AvgIpc) is 3.94. The second kappa shape index (κ2) is 24.1. The van der Waals surface area contributed by atoms with Crippen molar-refractivity contribution in [2.24, 2.45) is 5.16 Å². The number of rotatable bonds is 23. The van der Waals surface area contributed by atoms with E-state index >= 15 is 0 Å². The van der Waals surface area contributed by atoms with Gasteiger partial charge in [-0.15, -0.1) is 0 Å². The molecule has 14 nitrogen and oxygen atoms in total. The molecule has 3 amide bonds. The first-order valence-corrected chi connectivity index (χ1v) is 28.7. The Balaban J connectivity index is 0.888. The van der Waals surface area contributed by atoms with E-state index < -0.39 is 0 Å². The van der Waals surface area contributed by atoms with Gasteiger partial charge in [-0.1, -0.05) is 63.1 Å². The monoisotopic (exact) mass is 1070 g/mol. The van der Waals surface area contributed by atoms with Gasteiger partial charge in [-0.05, 0) is 137 Å². The normalized spacial score (nSPS) is 16.6. The summed E-state index contributed by atoms with van der Waals surface area (Å²) in [6.45, 7) is 10.2. The summed E-state index contributed by atoms with van der Waals surface area (Å²) in [7, 11) is 9.11. The lowest BCUT2D eigenvalue weighted by molar-refractivity contribution is -0.119. The van der Waals surface area contributed by atoms with E-state index in [9.17, 15) is 19.2 Å². The smallest absolute Gasteiger partial charge is 0.260 e. The fourth-order valence-electron chi connectivity index (χ4n) is 10.8. The molecule has 16 heteroatoms. The number of ether oxygens (including phenoxy) is 3. The van der Waals surface area contributed by atoms with Gasteiger partial charge < -0.3 is 44.0 Å². The highest BCUT2D eigenvalue weighted by molar-refractivity contribution is 8.77. The number of carbonyl (C=O) groups excluding carboxylic acids is 4. The molecule has 1 N–H and O–H groups in total. The van der Waals surface area contributed by atoms with Crippen LogP contribution in [0.25, 0.3) is 0 Å². The zero-order valence-corrected chi connectivity index (χ0v) is 46.5. The Morgan fingerprint density at radius 2 is 1.30 bits per heavy atom. The highest BCUT2D eigenvalue weighted by Crippen LogP contribution is 2.44. The van der Waals surface area contributed by atoms with E-state index in [1.807, 2.05) is 104 Å². The van der Waals surface area contributed by atoms with Gasteiger partial charge in [0, 0.05) is 92.4 Å². The molecule has 0 saturated heterocycles. The molecule has 0 spiro atoms. The van der Waals surface area contributed by atoms with Gasteiger partial charge in [-0.2, -0.15) is 0 Å². The van der Waals surface area contributed by atoms with Crippen molar-refractivity contribution in [3.05, 3.63) is 130 Å². The van der Waals surface area contributed by atoms with Crippen molar-refractivity contribution >= 4 is 79.7 Å². The summed E-state index contributed by atoms with van der Waals surface area (Å²) in [6.07, 6.45) is 7.72. The fourth-order valence-corrected chi connectivity index (χ4v) is 13.4. The second-order valence-electron chi connectivity index (χ2n) is 20.9. The quantitative estimate of drug-likeness (QED) is 0.0288. The number of likely N-dealkylation sites (N-methyl/N-ethyl adjacent to an activating group) is 2. The summed E-state index contributed by atoms with van der Waals surface area (Å²) in [5, 5.41) is 6.92. The van der Waals surface area contributed by atoms with Gasteiger partial charge in [0.15, 0.2) is 11.5 Å². The maximum absolute atomic E-state index is 14.3. The number of amides is 3. The van der Waals surface area contributed by atoms with Crippen LogP contribution in [0.15, 0.2) is 96.2 Å². The van der Waals surface area contributed by atoms with Crippen LogP contribution in [0, 0.1) is 6.92 Å². The average molecular weight is 1070 g/mol. The van der Waals surface area contributed by atoms with Crippen molar-refractivity contribution in [3.63, 3.8) is 0 Å². The lowest BCUT2D eigenvalue weighted by atomic mass is 10.1. The van der Waals surface area contributed by atoms with Crippen molar-refractivity contribution < 1.29 is 38.2 Å². The van der Waals surface area contributed by atoms with Crippen LogP contribution >= 0.6 is 21.6 Å². The van der Waals surface area contributed by atoms with Gasteiger partial charge in [0.25, 0.3) is 11.8 Å². The number of aryl methyl sites for hydroxylation is 1. The minimum atomic E-state index is -0.182. The zero-order chi connectivity index (χ0) is 53.5. The first-order chi connectivity index (χ1) is 36.7.